The van der Waals surface area contributed by atoms with E-state index < -0.39 is 10.8 Å². The van der Waals surface area contributed by atoms with Gasteiger partial charge in [0.2, 0.25) is 5.75 Å². The number of nitro benzene ring substituents is 1. The van der Waals surface area contributed by atoms with Crippen LogP contribution in [0.25, 0.3) is 10.2 Å². The molecule has 28 heavy (non-hydrogen) atoms. The summed E-state index contributed by atoms with van der Waals surface area (Å²) < 4.78 is 16.9. The second kappa shape index (κ2) is 7.98. The maximum absolute atomic E-state index is 12.8. The van der Waals surface area contributed by atoms with Crippen molar-refractivity contribution in [3.8, 4) is 17.2 Å². The molecule has 0 radical (unpaired) electrons. The van der Waals surface area contributed by atoms with Crippen molar-refractivity contribution in [1.29, 1.82) is 0 Å². The van der Waals surface area contributed by atoms with Crippen LogP contribution in [-0.2, 0) is 0 Å². The van der Waals surface area contributed by atoms with E-state index in [1.54, 1.807) is 0 Å². The first-order valence-electron chi connectivity index (χ1n) is 7.74. The summed E-state index contributed by atoms with van der Waals surface area (Å²) in [4.78, 5) is 27.5. The van der Waals surface area contributed by atoms with Gasteiger partial charge in [-0.1, -0.05) is 11.3 Å². The van der Waals surface area contributed by atoms with Crippen molar-refractivity contribution in [2.75, 3.05) is 26.6 Å². The predicted octanol–water partition coefficient (Wildman–Crippen LogP) is 4.25. The molecule has 0 fully saturated rings. The normalized spacial score (nSPS) is 10.6. The van der Waals surface area contributed by atoms with E-state index in [4.69, 9.17) is 14.2 Å². The van der Waals surface area contributed by atoms with Gasteiger partial charge in [-0.25, -0.2) is 4.98 Å². The number of methoxy groups -OCH3 is 3. The number of nitrogens with zero attached hydrogens (tertiary/aromatic N) is 2. The number of thiazole rings is 1. The average Bonchev–Trinajstić information content (AvgIpc) is 3.08. The first kappa shape index (κ1) is 19.8. The smallest absolute Gasteiger partial charge is 0.270 e. The molecule has 1 aromatic heterocycles. The zero-order chi connectivity index (χ0) is 20.4. The Balaban J connectivity index is 1.97. The Hall–Kier alpha value is -2.92. The van der Waals surface area contributed by atoms with E-state index in [9.17, 15) is 14.9 Å². The molecule has 0 aliphatic heterocycles. The number of carbonyl (C=O) groups excluding carboxylic acids is 1. The van der Waals surface area contributed by atoms with Crippen molar-refractivity contribution in [2.24, 2.45) is 0 Å². The molecule has 0 aliphatic carbocycles. The van der Waals surface area contributed by atoms with Crippen LogP contribution in [0.4, 0.5) is 10.8 Å². The number of carbonyl (C=O) groups is 1. The minimum Gasteiger partial charge on any atom is -0.493 e. The van der Waals surface area contributed by atoms with Gasteiger partial charge in [0.15, 0.2) is 16.6 Å². The van der Waals surface area contributed by atoms with Gasteiger partial charge in [-0.15, -0.1) is 0 Å². The number of aromatic nitrogens is 1. The number of rotatable bonds is 6. The molecule has 0 bridgehead atoms. The molecule has 3 aromatic rings. The highest BCUT2D eigenvalue weighted by Gasteiger charge is 2.23. The van der Waals surface area contributed by atoms with E-state index in [1.165, 1.54) is 45.6 Å². The molecule has 1 N–H and O–H groups in total. The van der Waals surface area contributed by atoms with Crippen molar-refractivity contribution >= 4 is 54.2 Å². The van der Waals surface area contributed by atoms with Crippen LogP contribution in [0.3, 0.4) is 0 Å². The molecular weight excluding hydrogens is 454 g/mol. The number of ether oxygens (including phenoxy) is 3. The Morgan fingerprint density at radius 2 is 1.89 bits per heavy atom. The van der Waals surface area contributed by atoms with Crippen LogP contribution in [0.2, 0.25) is 0 Å². The topological polar surface area (TPSA) is 113 Å². The van der Waals surface area contributed by atoms with Crippen LogP contribution < -0.4 is 19.5 Å². The van der Waals surface area contributed by atoms with Crippen LogP contribution in [0, 0.1) is 10.1 Å². The fourth-order valence-corrected chi connectivity index (χ4v) is 4.06. The van der Waals surface area contributed by atoms with E-state index in [0.29, 0.717) is 37.1 Å². The number of benzene rings is 2. The van der Waals surface area contributed by atoms with Crippen molar-refractivity contribution in [3.05, 3.63) is 44.4 Å². The Morgan fingerprint density at radius 3 is 2.50 bits per heavy atom. The first-order valence-corrected chi connectivity index (χ1v) is 9.35. The molecule has 1 amide bonds. The first-order chi connectivity index (χ1) is 13.4. The van der Waals surface area contributed by atoms with Crippen LogP contribution in [0.5, 0.6) is 17.2 Å². The Labute approximate surface area is 171 Å². The van der Waals surface area contributed by atoms with Gasteiger partial charge >= 0.3 is 0 Å². The molecule has 0 atom stereocenters. The minimum atomic E-state index is -0.482. The SMILES string of the molecule is COc1cc(C(=O)Nc2nc3ccc([N+](=O)[O-])cc3s2)c(Br)c(OC)c1OC. The molecule has 1 heterocycles. The lowest BCUT2D eigenvalue weighted by Crippen LogP contribution is -2.13. The number of fused-ring (bicyclic) bond motifs is 1. The third-order valence-electron chi connectivity index (χ3n) is 3.82. The van der Waals surface area contributed by atoms with Gasteiger partial charge in [0.25, 0.3) is 11.6 Å². The lowest BCUT2D eigenvalue weighted by molar-refractivity contribution is -0.384. The second-order valence-corrected chi connectivity index (χ2v) is 7.21. The van der Waals surface area contributed by atoms with E-state index in [1.807, 2.05) is 0 Å². The number of halogens is 1. The van der Waals surface area contributed by atoms with Gasteiger partial charge in [-0.2, -0.15) is 0 Å². The molecule has 0 spiro atoms. The van der Waals surface area contributed by atoms with Gasteiger partial charge in [-0.05, 0) is 28.1 Å². The Kier molecular flexibility index (Phi) is 5.66. The summed E-state index contributed by atoms with van der Waals surface area (Å²) in [5.41, 5.74) is 0.760. The number of non-ortho nitro benzene ring substituents is 1. The second-order valence-electron chi connectivity index (χ2n) is 5.39. The number of nitro groups is 1. The zero-order valence-corrected chi connectivity index (χ0v) is 17.3. The van der Waals surface area contributed by atoms with Crippen molar-refractivity contribution in [1.82, 2.24) is 4.98 Å². The Bertz CT molecular complexity index is 1080. The monoisotopic (exact) mass is 467 g/mol. The fourth-order valence-electron chi connectivity index (χ4n) is 2.53. The van der Waals surface area contributed by atoms with Crippen LogP contribution >= 0.6 is 27.3 Å². The third kappa shape index (κ3) is 3.58. The average molecular weight is 468 g/mol. The third-order valence-corrected chi connectivity index (χ3v) is 5.54. The molecule has 2 aromatic carbocycles. The lowest BCUT2D eigenvalue weighted by atomic mass is 10.1. The van der Waals surface area contributed by atoms with Crippen LogP contribution in [0.15, 0.2) is 28.7 Å². The van der Waals surface area contributed by atoms with E-state index in [0.717, 1.165) is 11.3 Å². The summed E-state index contributed by atoms with van der Waals surface area (Å²) in [6, 6.07) is 5.83. The Morgan fingerprint density at radius 1 is 1.18 bits per heavy atom. The molecule has 0 saturated heterocycles. The molecule has 9 nitrogen and oxygen atoms in total. The molecular formula is C17H14BrN3O6S. The number of amides is 1. The summed E-state index contributed by atoms with van der Waals surface area (Å²) >= 11 is 4.49. The van der Waals surface area contributed by atoms with E-state index in [2.05, 4.69) is 26.2 Å². The largest absolute Gasteiger partial charge is 0.493 e. The maximum Gasteiger partial charge on any atom is 0.270 e. The molecule has 146 valence electrons. The highest BCUT2D eigenvalue weighted by Crippen LogP contribution is 2.45. The standard InChI is InChI=1S/C17H14BrN3O6S/c1-25-11-7-9(13(18)15(27-3)14(11)26-2)16(22)20-17-19-10-5-4-8(21(23)24)6-12(10)28-17/h4-7H,1-3H3,(H,19,20,22). The van der Waals surface area contributed by atoms with Gasteiger partial charge in [0.1, 0.15) is 0 Å². The summed E-state index contributed by atoms with van der Waals surface area (Å²) in [6.45, 7) is 0. The maximum atomic E-state index is 12.8. The zero-order valence-electron chi connectivity index (χ0n) is 14.9. The van der Waals surface area contributed by atoms with Crippen LogP contribution in [0.1, 0.15) is 10.4 Å². The molecule has 3 rings (SSSR count). The highest BCUT2D eigenvalue weighted by atomic mass is 79.9. The van der Waals surface area contributed by atoms with Gasteiger partial charge in [-0.3, -0.25) is 20.2 Å². The predicted molar refractivity (Wildman–Crippen MR) is 108 cm³/mol. The van der Waals surface area contributed by atoms with E-state index >= 15 is 0 Å². The van der Waals surface area contributed by atoms with Gasteiger partial charge < -0.3 is 14.2 Å². The molecule has 0 aliphatic rings. The fraction of sp³-hybridized carbons (Fsp3) is 0.176. The molecule has 11 heteroatoms. The summed E-state index contributed by atoms with van der Waals surface area (Å²) in [7, 11) is 4.37. The minimum absolute atomic E-state index is 0.0404. The van der Waals surface area contributed by atoms with Crippen molar-refractivity contribution < 1.29 is 23.9 Å². The van der Waals surface area contributed by atoms with Gasteiger partial charge in [0.05, 0.1) is 46.5 Å². The highest BCUT2D eigenvalue weighted by molar-refractivity contribution is 9.10. The quantitative estimate of drug-likeness (QED) is 0.425. The van der Waals surface area contributed by atoms with Crippen LogP contribution in [-0.4, -0.2) is 37.1 Å². The summed E-state index contributed by atoms with van der Waals surface area (Å²) in [5.74, 6) is 0.528. The van der Waals surface area contributed by atoms with Gasteiger partial charge in [0, 0.05) is 12.1 Å². The summed E-state index contributed by atoms with van der Waals surface area (Å²) in [5, 5.41) is 13.9. The number of anilines is 1. The molecule has 0 unspecified atom stereocenters. The van der Waals surface area contributed by atoms with E-state index in [-0.39, 0.29) is 11.3 Å². The number of nitrogens with one attached hydrogen (secondary N) is 1. The van der Waals surface area contributed by atoms with Crippen molar-refractivity contribution in [2.45, 2.75) is 0 Å². The number of hydrogen-bond donors (Lipinski definition) is 1. The van der Waals surface area contributed by atoms with Crippen molar-refractivity contribution in [3.63, 3.8) is 0 Å². The number of hydrogen-bond acceptors (Lipinski definition) is 8. The lowest BCUT2D eigenvalue weighted by Gasteiger charge is -2.16. The molecule has 0 saturated carbocycles. The summed E-state index contributed by atoms with van der Waals surface area (Å²) in [6.07, 6.45) is 0.